The van der Waals surface area contributed by atoms with Crippen molar-refractivity contribution >= 4 is 17.5 Å². The summed E-state index contributed by atoms with van der Waals surface area (Å²) in [5.41, 5.74) is 2.61. The first kappa shape index (κ1) is 10.3. The predicted molar refractivity (Wildman–Crippen MR) is 71.6 cm³/mol. The molecule has 0 amide bonds. The van der Waals surface area contributed by atoms with Crippen LogP contribution in [-0.2, 0) is 0 Å². The van der Waals surface area contributed by atoms with Gasteiger partial charge in [0.1, 0.15) is 17.9 Å². The number of fused-ring (bicyclic) bond motifs is 1. The molecule has 0 saturated carbocycles. The molecule has 2 heteroatoms. The molecule has 0 saturated heterocycles. The van der Waals surface area contributed by atoms with Gasteiger partial charge in [-0.1, -0.05) is 30.3 Å². The Labute approximate surface area is 101 Å². The molecule has 84 valence electrons. The van der Waals surface area contributed by atoms with Gasteiger partial charge in [0.15, 0.2) is 0 Å². The molecular weight excluding hydrogens is 210 g/mol. The van der Waals surface area contributed by atoms with Crippen LogP contribution >= 0.6 is 0 Å². The number of hydrogen-bond acceptors (Lipinski definition) is 1. The van der Waals surface area contributed by atoms with E-state index in [9.17, 15) is 5.21 Å². The van der Waals surface area contributed by atoms with Crippen LogP contribution in [0.5, 0.6) is 0 Å². The van der Waals surface area contributed by atoms with Crippen molar-refractivity contribution in [1.29, 1.82) is 0 Å². The van der Waals surface area contributed by atoms with Gasteiger partial charge in [0.05, 0.1) is 0 Å². The third kappa shape index (κ3) is 1.58. The van der Waals surface area contributed by atoms with Crippen LogP contribution in [0.1, 0.15) is 5.56 Å². The van der Waals surface area contributed by atoms with Crippen LogP contribution in [-0.4, -0.2) is 6.54 Å². The summed E-state index contributed by atoms with van der Waals surface area (Å²) in [6, 6.07) is 17.3. The Bertz CT molecular complexity index is 562. The molecule has 2 aromatic carbocycles. The first-order valence-electron chi connectivity index (χ1n) is 5.71. The van der Waals surface area contributed by atoms with Crippen LogP contribution in [0.15, 0.2) is 60.7 Å². The Morgan fingerprint density at radius 3 is 2.41 bits per heavy atom. The Morgan fingerprint density at radius 1 is 0.882 bits per heavy atom. The summed E-state index contributed by atoms with van der Waals surface area (Å²) in [5, 5.41) is 13.0. The van der Waals surface area contributed by atoms with Crippen molar-refractivity contribution in [3.05, 3.63) is 71.4 Å². The van der Waals surface area contributed by atoms with E-state index in [1.807, 2.05) is 66.7 Å². The minimum Gasteiger partial charge on any atom is -0.622 e. The molecule has 0 aromatic heterocycles. The molecule has 0 aliphatic carbocycles. The fourth-order valence-electron chi connectivity index (χ4n) is 2.30. The zero-order chi connectivity index (χ0) is 11.7. The Balaban J connectivity index is 2.19. The number of benzene rings is 2. The van der Waals surface area contributed by atoms with E-state index in [0.29, 0.717) is 6.54 Å². The second kappa shape index (κ2) is 3.84. The maximum atomic E-state index is 13.0. The van der Waals surface area contributed by atoms with Crippen molar-refractivity contribution in [1.82, 2.24) is 4.65 Å². The number of rotatable bonds is 1. The zero-order valence-corrected chi connectivity index (χ0v) is 9.41. The minimum atomic E-state index is -0.395. The van der Waals surface area contributed by atoms with Crippen LogP contribution in [0.2, 0.25) is 0 Å². The number of quaternary nitrogens is 1. The number of para-hydroxylation sites is 2. The Kier molecular flexibility index (Phi) is 2.32. The van der Waals surface area contributed by atoms with Gasteiger partial charge in [-0.15, -0.1) is 0 Å². The summed E-state index contributed by atoms with van der Waals surface area (Å²) in [7, 11) is 0. The highest BCUT2D eigenvalue weighted by atomic mass is 16.5. The van der Waals surface area contributed by atoms with Crippen LogP contribution in [0.25, 0.3) is 6.08 Å². The summed E-state index contributed by atoms with van der Waals surface area (Å²) < 4.78 is -0.395. The summed E-state index contributed by atoms with van der Waals surface area (Å²) in [4.78, 5) is 0. The van der Waals surface area contributed by atoms with Crippen molar-refractivity contribution in [3.8, 4) is 0 Å². The molecule has 2 aromatic rings. The lowest BCUT2D eigenvalue weighted by atomic mass is 10.1. The fraction of sp³-hybridized carbons (Fsp3) is 0.0667. The third-order valence-corrected chi connectivity index (χ3v) is 3.16. The van der Waals surface area contributed by atoms with Gasteiger partial charge < -0.3 is 5.21 Å². The van der Waals surface area contributed by atoms with Gasteiger partial charge in [-0.2, -0.15) is 0 Å². The molecule has 0 bridgehead atoms. The van der Waals surface area contributed by atoms with Gasteiger partial charge in [0.25, 0.3) is 0 Å². The molecule has 0 N–H and O–H groups in total. The molecule has 0 fully saturated rings. The monoisotopic (exact) mass is 223 g/mol. The zero-order valence-electron chi connectivity index (χ0n) is 9.41. The van der Waals surface area contributed by atoms with Crippen LogP contribution in [0.4, 0.5) is 11.4 Å². The van der Waals surface area contributed by atoms with Gasteiger partial charge in [0, 0.05) is 11.6 Å². The van der Waals surface area contributed by atoms with E-state index in [0.717, 1.165) is 16.9 Å². The summed E-state index contributed by atoms with van der Waals surface area (Å²) in [5.74, 6) is 0. The van der Waals surface area contributed by atoms with E-state index in [1.54, 1.807) is 0 Å². The molecular formula is C15H13NO. The highest BCUT2D eigenvalue weighted by Crippen LogP contribution is 2.38. The summed E-state index contributed by atoms with van der Waals surface area (Å²) >= 11 is 0. The van der Waals surface area contributed by atoms with Crippen LogP contribution in [0.3, 0.4) is 0 Å². The predicted octanol–water partition coefficient (Wildman–Crippen LogP) is 3.85. The number of hydrogen-bond donors (Lipinski definition) is 0. The molecule has 17 heavy (non-hydrogen) atoms. The van der Waals surface area contributed by atoms with E-state index in [-0.39, 0.29) is 0 Å². The Hall–Kier alpha value is -1.90. The van der Waals surface area contributed by atoms with E-state index in [4.69, 9.17) is 0 Å². The van der Waals surface area contributed by atoms with Crippen LogP contribution in [0, 0.1) is 5.21 Å². The lowest BCUT2D eigenvalue weighted by molar-refractivity contribution is 0.556. The molecule has 1 aliphatic rings. The van der Waals surface area contributed by atoms with Crippen molar-refractivity contribution in [2.24, 2.45) is 0 Å². The molecule has 3 rings (SSSR count). The van der Waals surface area contributed by atoms with Crippen molar-refractivity contribution < 1.29 is 0 Å². The maximum Gasteiger partial charge on any atom is 0.145 e. The third-order valence-electron chi connectivity index (χ3n) is 3.16. The topological polar surface area (TPSA) is 23.1 Å². The van der Waals surface area contributed by atoms with Gasteiger partial charge in [0.2, 0.25) is 0 Å². The Morgan fingerprint density at radius 2 is 1.59 bits per heavy atom. The van der Waals surface area contributed by atoms with E-state index >= 15 is 0 Å². The standard InChI is InChI=1S/C15H13NO/c17-16(14-9-2-1-3-10-14)12-6-8-13-7-4-5-11-15(13)16/h1-11H,12H2. The molecule has 0 spiro atoms. The van der Waals surface area contributed by atoms with Gasteiger partial charge in [-0.3, -0.25) is 4.65 Å². The molecule has 2 nitrogen and oxygen atoms in total. The van der Waals surface area contributed by atoms with Crippen molar-refractivity contribution in [3.63, 3.8) is 0 Å². The summed E-state index contributed by atoms with van der Waals surface area (Å²) in [6.45, 7) is 0.459. The normalized spacial score (nSPS) is 22.2. The maximum absolute atomic E-state index is 13.0. The molecule has 0 radical (unpaired) electrons. The number of hydroxylamine groups is 1. The average Bonchev–Trinajstić information content (AvgIpc) is 2.40. The largest absolute Gasteiger partial charge is 0.622 e. The van der Waals surface area contributed by atoms with Crippen molar-refractivity contribution in [2.75, 3.05) is 6.54 Å². The van der Waals surface area contributed by atoms with Gasteiger partial charge >= 0.3 is 0 Å². The van der Waals surface area contributed by atoms with Gasteiger partial charge in [-0.25, -0.2) is 0 Å². The number of nitrogens with zero attached hydrogens (tertiary/aromatic N) is 1. The van der Waals surface area contributed by atoms with Gasteiger partial charge in [-0.05, 0) is 30.4 Å². The lowest BCUT2D eigenvalue weighted by Gasteiger charge is -2.43. The first-order chi connectivity index (χ1) is 8.31. The summed E-state index contributed by atoms with van der Waals surface area (Å²) in [6.07, 6.45) is 3.97. The van der Waals surface area contributed by atoms with E-state index in [1.165, 1.54) is 0 Å². The molecule has 1 aliphatic heterocycles. The van der Waals surface area contributed by atoms with Crippen molar-refractivity contribution in [2.45, 2.75) is 0 Å². The first-order valence-corrected chi connectivity index (χ1v) is 5.71. The molecule has 1 atom stereocenters. The average molecular weight is 223 g/mol. The highest BCUT2D eigenvalue weighted by molar-refractivity contribution is 5.74. The quantitative estimate of drug-likeness (QED) is 0.532. The SMILES string of the molecule is [O-][N+]1(c2ccccc2)CC=Cc2ccccc21. The van der Waals surface area contributed by atoms with E-state index in [2.05, 4.69) is 0 Å². The second-order valence-electron chi connectivity index (χ2n) is 4.22. The fourth-order valence-corrected chi connectivity index (χ4v) is 2.30. The van der Waals surface area contributed by atoms with Crippen LogP contribution < -0.4 is 4.65 Å². The highest BCUT2D eigenvalue weighted by Gasteiger charge is 2.26. The smallest absolute Gasteiger partial charge is 0.145 e. The molecule has 1 unspecified atom stereocenters. The minimum absolute atomic E-state index is 0.395. The second-order valence-corrected chi connectivity index (χ2v) is 4.22. The molecule has 1 heterocycles. The lowest BCUT2D eigenvalue weighted by Crippen LogP contribution is -2.39. The van der Waals surface area contributed by atoms with E-state index < -0.39 is 4.65 Å².